The van der Waals surface area contributed by atoms with Crippen LogP contribution in [0.15, 0.2) is 58.6 Å². The van der Waals surface area contributed by atoms with Crippen molar-refractivity contribution in [2.45, 2.75) is 13.1 Å². The Bertz CT molecular complexity index is 659. The third-order valence-electron chi connectivity index (χ3n) is 3.01. The molecule has 0 saturated carbocycles. The van der Waals surface area contributed by atoms with Gasteiger partial charge in [0.2, 0.25) is 0 Å². The van der Waals surface area contributed by atoms with E-state index in [2.05, 4.69) is 62.1 Å². The number of rotatable bonds is 5. The third-order valence-corrected chi connectivity index (χ3v) is 4.94. The SMILES string of the molecule is Brc1ccsc1CNCc1ccc(-n2cccn2)cc1. The Morgan fingerprint density at radius 1 is 1.15 bits per heavy atom. The van der Waals surface area contributed by atoms with Crippen molar-refractivity contribution in [3.8, 4) is 5.69 Å². The number of hydrogen-bond donors (Lipinski definition) is 1. The highest BCUT2D eigenvalue weighted by molar-refractivity contribution is 9.10. The lowest BCUT2D eigenvalue weighted by molar-refractivity contribution is 0.699. The second kappa shape index (κ2) is 6.35. The van der Waals surface area contributed by atoms with Crippen molar-refractivity contribution < 1.29 is 0 Å². The molecular weight excluding hydrogens is 334 g/mol. The molecule has 3 rings (SSSR count). The van der Waals surface area contributed by atoms with E-state index in [-0.39, 0.29) is 0 Å². The summed E-state index contributed by atoms with van der Waals surface area (Å²) in [5.41, 5.74) is 2.35. The first-order chi connectivity index (χ1) is 9.83. The number of benzene rings is 1. The molecule has 0 spiro atoms. The lowest BCUT2D eigenvalue weighted by atomic mass is 10.2. The molecule has 3 aromatic rings. The summed E-state index contributed by atoms with van der Waals surface area (Å²) < 4.78 is 3.05. The summed E-state index contributed by atoms with van der Waals surface area (Å²) in [4.78, 5) is 1.33. The first-order valence-electron chi connectivity index (χ1n) is 6.34. The van der Waals surface area contributed by atoms with Crippen LogP contribution in [0.4, 0.5) is 0 Å². The normalized spacial score (nSPS) is 10.8. The van der Waals surface area contributed by atoms with Crippen LogP contribution in [0, 0.1) is 0 Å². The van der Waals surface area contributed by atoms with E-state index >= 15 is 0 Å². The van der Waals surface area contributed by atoms with E-state index in [4.69, 9.17) is 0 Å². The predicted octanol–water partition coefficient (Wildman–Crippen LogP) is 3.99. The second-order valence-electron chi connectivity index (χ2n) is 4.41. The molecule has 0 radical (unpaired) electrons. The summed E-state index contributed by atoms with van der Waals surface area (Å²) in [6.45, 7) is 1.75. The Kier molecular flexibility index (Phi) is 4.30. The van der Waals surface area contributed by atoms with Gasteiger partial charge >= 0.3 is 0 Å². The van der Waals surface area contributed by atoms with Crippen molar-refractivity contribution in [1.82, 2.24) is 15.1 Å². The van der Waals surface area contributed by atoms with E-state index in [0.717, 1.165) is 18.8 Å². The van der Waals surface area contributed by atoms with E-state index < -0.39 is 0 Å². The van der Waals surface area contributed by atoms with Gasteiger partial charge in [-0.15, -0.1) is 11.3 Å². The van der Waals surface area contributed by atoms with Crippen LogP contribution in [0.3, 0.4) is 0 Å². The summed E-state index contributed by atoms with van der Waals surface area (Å²) in [6.07, 6.45) is 3.73. The molecule has 5 heteroatoms. The van der Waals surface area contributed by atoms with Crippen molar-refractivity contribution in [1.29, 1.82) is 0 Å². The zero-order chi connectivity index (χ0) is 13.8. The van der Waals surface area contributed by atoms with Crippen LogP contribution in [0.5, 0.6) is 0 Å². The lowest BCUT2D eigenvalue weighted by Gasteiger charge is -2.06. The molecule has 0 aliphatic rings. The minimum absolute atomic E-state index is 0.865. The van der Waals surface area contributed by atoms with Gasteiger partial charge in [-0.3, -0.25) is 0 Å². The maximum atomic E-state index is 4.22. The number of aromatic nitrogens is 2. The maximum Gasteiger partial charge on any atom is 0.0645 e. The quantitative estimate of drug-likeness (QED) is 0.756. The summed E-state index contributed by atoms with van der Waals surface area (Å²) >= 11 is 5.31. The molecule has 0 amide bonds. The van der Waals surface area contributed by atoms with E-state index in [1.165, 1.54) is 14.9 Å². The molecule has 0 atom stereocenters. The van der Waals surface area contributed by atoms with Crippen molar-refractivity contribution in [2.24, 2.45) is 0 Å². The van der Waals surface area contributed by atoms with Crippen molar-refractivity contribution in [3.63, 3.8) is 0 Å². The number of halogens is 1. The van der Waals surface area contributed by atoms with Crippen molar-refractivity contribution in [3.05, 3.63) is 69.1 Å². The average molecular weight is 348 g/mol. The molecule has 20 heavy (non-hydrogen) atoms. The molecule has 0 aliphatic carbocycles. The van der Waals surface area contributed by atoms with Gasteiger partial charge in [0.25, 0.3) is 0 Å². The molecule has 1 N–H and O–H groups in total. The molecule has 1 aromatic carbocycles. The standard InChI is InChI=1S/C15H14BrN3S/c16-14-6-9-20-15(14)11-17-10-12-2-4-13(5-3-12)19-8-1-7-18-19/h1-9,17H,10-11H2. The van der Waals surface area contributed by atoms with Crippen molar-refractivity contribution in [2.75, 3.05) is 0 Å². The molecule has 2 aromatic heterocycles. The van der Waals surface area contributed by atoms with Crippen LogP contribution in [0.2, 0.25) is 0 Å². The number of nitrogens with zero attached hydrogens (tertiary/aromatic N) is 2. The first kappa shape index (κ1) is 13.5. The Hall–Kier alpha value is -1.43. The minimum Gasteiger partial charge on any atom is -0.308 e. The van der Waals surface area contributed by atoms with E-state index in [9.17, 15) is 0 Å². The van der Waals surface area contributed by atoms with E-state index in [1.54, 1.807) is 17.5 Å². The molecular formula is C15H14BrN3S. The molecule has 0 unspecified atom stereocenters. The Morgan fingerprint density at radius 3 is 2.65 bits per heavy atom. The summed E-state index contributed by atoms with van der Waals surface area (Å²) in [5, 5.41) is 9.77. The van der Waals surface area contributed by atoms with Gasteiger partial charge < -0.3 is 5.32 Å². The monoisotopic (exact) mass is 347 g/mol. The average Bonchev–Trinajstić information content (AvgIpc) is 3.12. The van der Waals surface area contributed by atoms with Crippen LogP contribution >= 0.6 is 27.3 Å². The smallest absolute Gasteiger partial charge is 0.0645 e. The highest BCUT2D eigenvalue weighted by Crippen LogP contribution is 2.22. The largest absolute Gasteiger partial charge is 0.308 e. The number of hydrogen-bond acceptors (Lipinski definition) is 3. The van der Waals surface area contributed by atoms with Gasteiger partial charge in [0.05, 0.1) is 5.69 Å². The maximum absolute atomic E-state index is 4.22. The van der Waals surface area contributed by atoms with Gasteiger partial charge in [-0.1, -0.05) is 12.1 Å². The highest BCUT2D eigenvalue weighted by atomic mass is 79.9. The summed E-state index contributed by atoms with van der Waals surface area (Å²) in [5.74, 6) is 0. The highest BCUT2D eigenvalue weighted by Gasteiger charge is 2.01. The van der Waals surface area contributed by atoms with Gasteiger partial charge in [0, 0.05) is 34.8 Å². The fraction of sp³-hybridized carbons (Fsp3) is 0.133. The number of thiophene rings is 1. The van der Waals surface area contributed by atoms with E-state index in [0.29, 0.717) is 0 Å². The van der Waals surface area contributed by atoms with Crippen LogP contribution in [-0.2, 0) is 13.1 Å². The van der Waals surface area contributed by atoms with Gasteiger partial charge in [0.15, 0.2) is 0 Å². The molecule has 0 aliphatic heterocycles. The zero-order valence-corrected chi connectivity index (χ0v) is 13.2. The van der Waals surface area contributed by atoms with Crippen LogP contribution < -0.4 is 5.32 Å². The molecule has 0 saturated heterocycles. The molecule has 0 fully saturated rings. The molecule has 102 valence electrons. The summed E-state index contributed by atoms with van der Waals surface area (Å²) in [6, 6.07) is 12.5. The van der Waals surface area contributed by atoms with Gasteiger partial charge in [0.1, 0.15) is 0 Å². The third kappa shape index (κ3) is 3.17. The van der Waals surface area contributed by atoms with Crippen molar-refractivity contribution >= 4 is 27.3 Å². The minimum atomic E-state index is 0.865. The van der Waals surface area contributed by atoms with Crippen LogP contribution in [0.25, 0.3) is 5.69 Å². The number of nitrogens with one attached hydrogen (secondary N) is 1. The Balaban J connectivity index is 1.57. The molecule has 3 nitrogen and oxygen atoms in total. The zero-order valence-electron chi connectivity index (χ0n) is 10.8. The topological polar surface area (TPSA) is 29.9 Å². The fourth-order valence-electron chi connectivity index (χ4n) is 1.96. The van der Waals surface area contributed by atoms with Gasteiger partial charge in [-0.05, 0) is 51.1 Å². The lowest BCUT2D eigenvalue weighted by Crippen LogP contribution is -2.12. The predicted molar refractivity (Wildman–Crippen MR) is 86.1 cm³/mol. The van der Waals surface area contributed by atoms with E-state index in [1.807, 2.05) is 16.9 Å². The summed E-state index contributed by atoms with van der Waals surface area (Å²) in [7, 11) is 0. The Morgan fingerprint density at radius 2 is 2.00 bits per heavy atom. The van der Waals surface area contributed by atoms with Gasteiger partial charge in [-0.25, -0.2) is 4.68 Å². The molecule has 0 bridgehead atoms. The Labute approximate surface area is 130 Å². The molecule has 2 heterocycles. The second-order valence-corrected chi connectivity index (χ2v) is 6.27. The van der Waals surface area contributed by atoms with Gasteiger partial charge in [-0.2, -0.15) is 5.10 Å². The van der Waals surface area contributed by atoms with Crippen LogP contribution in [0.1, 0.15) is 10.4 Å². The fourth-order valence-corrected chi connectivity index (χ4v) is 3.42. The first-order valence-corrected chi connectivity index (χ1v) is 8.02. The van der Waals surface area contributed by atoms with Crippen LogP contribution in [-0.4, -0.2) is 9.78 Å².